The molecule has 1 amide bonds. The lowest BCUT2D eigenvalue weighted by molar-refractivity contribution is -0.136. The number of nitrogens with one attached hydrogen (secondary N) is 1. The maximum absolute atomic E-state index is 12.8. The van der Waals surface area contributed by atoms with E-state index in [1.54, 1.807) is 54.7 Å². The second-order valence-corrected chi connectivity index (χ2v) is 6.22. The zero-order valence-electron chi connectivity index (χ0n) is 15.0. The predicted octanol–water partition coefficient (Wildman–Crippen LogP) is 3.66. The lowest BCUT2D eigenvalue weighted by Crippen LogP contribution is -2.43. The van der Waals surface area contributed by atoms with Crippen molar-refractivity contribution >= 4 is 12.1 Å². The van der Waals surface area contributed by atoms with E-state index in [0.29, 0.717) is 17.5 Å². The van der Waals surface area contributed by atoms with E-state index in [9.17, 15) is 9.90 Å². The summed E-state index contributed by atoms with van der Waals surface area (Å²) in [7, 11) is 0. The van der Waals surface area contributed by atoms with Crippen LogP contribution in [0.5, 0.6) is 0 Å². The van der Waals surface area contributed by atoms with Gasteiger partial charge in [0, 0.05) is 6.21 Å². The van der Waals surface area contributed by atoms with Crippen molar-refractivity contribution in [2.45, 2.75) is 18.4 Å². The molecule has 0 aliphatic carbocycles. The van der Waals surface area contributed by atoms with E-state index in [0.717, 1.165) is 6.42 Å². The molecule has 4 nitrogen and oxygen atoms in total. The van der Waals surface area contributed by atoms with E-state index in [-0.39, 0.29) is 0 Å². The van der Waals surface area contributed by atoms with Crippen molar-refractivity contribution in [3.05, 3.63) is 108 Å². The van der Waals surface area contributed by atoms with Gasteiger partial charge in [0.05, 0.1) is 0 Å². The minimum absolute atomic E-state index is 0.494. The van der Waals surface area contributed by atoms with Gasteiger partial charge in [-0.05, 0) is 29.5 Å². The third-order valence-electron chi connectivity index (χ3n) is 4.37. The third-order valence-corrected chi connectivity index (χ3v) is 4.37. The quantitative estimate of drug-likeness (QED) is 0.500. The Bertz CT molecular complexity index is 839. The fourth-order valence-electron chi connectivity index (χ4n) is 2.91. The standard InChI is InChI=1S/C23H22N2O2/c26-22(25-24-18-10-13-19-11-4-1-5-12-19)23(27,20-14-6-2-7-15-20)21-16-8-3-9-17-21/h1-9,11-12,14-18,27H,10,13H2,(H,25,26). The summed E-state index contributed by atoms with van der Waals surface area (Å²) >= 11 is 0. The Kier molecular flexibility index (Phi) is 6.13. The molecule has 136 valence electrons. The van der Waals surface area contributed by atoms with Crippen LogP contribution in [0.3, 0.4) is 0 Å². The number of hydrogen-bond acceptors (Lipinski definition) is 3. The molecule has 0 saturated carbocycles. The number of nitrogens with zero attached hydrogens (tertiary/aromatic N) is 1. The van der Waals surface area contributed by atoms with E-state index in [1.807, 2.05) is 30.3 Å². The normalized spacial score (nSPS) is 11.4. The summed E-state index contributed by atoms with van der Waals surface area (Å²) in [6.07, 6.45) is 3.18. The average molecular weight is 358 g/mol. The average Bonchev–Trinajstić information content (AvgIpc) is 2.74. The molecule has 0 spiro atoms. The topological polar surface area (TPSA) is 61.7 Å². The van der Waals surface area contributed by atoms with Crippen LogP contribution in [0.4, 0.5) is 0 Å². The maximum Gasteiger partial charge on any atom is 0.281 e. The minimum atomic E-state index is -1.81. The van der Waals surface area contributed by atoms with Gasteiger partial charge in [-0.2, -0.15) is 5.10 Å². The highest BCUT2D eigenvalue weighted by Crippen LogP contribution is 2.29. The van der Waals surface area contributed by atoms with Crippen molar-refractivity contribution in [2.75, 3.05) is 0 Å². The summed E-state index contributed by atoms with van der Waals surface area (Å²) in [5.74, 6) is -0.587. The molecule has 0 heterocycles. The van der Waals surface area contributed by atoms with Crippen LogP contribution in [-0.4, -0.2) is 17.2 Å². The Balaban J connectivity index is 1.71. The molecule has 0 aromatic heterocycles. The highest BCUT2D eigenvalue weighted by atomic mass is 16.3. The van der Waals surface area contributed by atoms with Crippen LogP contribution in [0.2, 0.25) is 0 Å². The molecule has 3 aromatic carbocycles. The molecule has 3 aromatic rings. The van der Waals surface area contributed by atoms with Gasteiger partial charge in [0.25, 0.3) is 5.91 Å². The Morgan fingerprint density at radius 1 is 0.852 bits per heavy atom. The van der Waals surface area contributed by atoms with Crippen molar-refractivity contribution < 1.29 is 9.90 Å². The molecule has 0 aliphatic heterocycles. The molecule has 0 fully saturated rings. The zero-order valence-corrected chi connectivity index (χ0v) is 15.0. The number of carbonyl (C=O) groups is 1. The molecule has 0 radical (unpaired) electrons. The van der Waals surface area contributed by atoms with Crippen LogP contribution >= 0.6 is 0 Å². The first kappa shape index (κ1) is 18.5. The minimum Gasteiger partial charge on any atom is -0.372 e. The van der Waals surface area contributed by atoms with E-state index < -0.39 is 11.5 Å². The fraction of sp³-hybridized carbons (Fsp3) is 0.130. The molecule has 3 rings (SSSR count). The van der Waals surface area contributed by atoms with E-state index in [2.05, 4.69) is 22.7 Å². The number of amides is 1. The first-order valence-corrected chi connectivity index (χ1v) is 8.90. The first-order chi connectivity index (χ1) is 13.2. The van der Waals surface area contributed by atoms with E-state index >= 15 is 0 Å². The van der Waals surface area contributed by atoms with Crippen molar-refractivity contribution in [3.63, 3.8) is 0 Å². The van der Waals surface area contributed by atoms with Crippen molar-refractivity contribution in [1.82, 2.24) is 5.43 Å². The van der Waals surface area contributed by atoms with Crippen molar-refractivity contribution in [2.24, 2.45) is 5.10 Å². The smallest absolute Gasteiger partial charge is 0.281 e. The Morgan fingerprint density at radius 3 is 1.85 bits per heavy atom. The van der Waals surface area contributed by atoms with Gasteiger partial charge >= 0.3 is 0 Å². The molecular weight excluding hydrogens is 336 g/mol. The summed E-state index contributed by atoms with van der Waals surface area (Å²) < 4.78 is 0. The number of hydrazone groups is 1. The number of aryl methyl sites for hydroxylation is 1. The van der Waals surface area contributed by atoms with Gasteiger partial charge in [-0.15, -0.1) is 0 Å². The molecule has 4 heteroatoms. The highest BCUT2D eigenvalue weighted by molar-refractivity contribution is 5.90. The van der Waals surface area contributed by atoms with Gasteiger partial charge in [-0.1, -0.05) is 91.0 Å². The molecule has 0 bridgehead atoms. The van der Waals surface area contributed by atoms with Crippen LogP contribution < -0.4 is 5.43 Å². The first-order valence-electron chi connectivity index (χ1n) is 8.90. The predicted molar refractivity (Wildman–Crippen MR) is 107 cm³/mol. The third kappa shape index (κ3) is 4.49. The number of aliphatic hydroxyl groups is 1. The monoisotopic (exact) mass is 358 g/mol. The largest absolute Gasteiger partial charge is 0.372 e. The molecule has 2 N–H and O–H groups in total. The molecule has 0 unspecified atom stereocenters. The van der Waals surface area contributed by atoms with Crippen LogP contribution in [0.25, 0.3) is 0 Å². The van der Waals surface area contributed by atoms with Crippen LogP contribution in [0.1, 0.15) is 23.1 Å². The molecule has 0 saturated heterocycles. The molecule has 27 heavy (non-hydrogen) atoms. The molecular formula is C23H22N2O2. The summed E-state index contributed by atoms with van der Waals surface area (Å²) in [4.78, 5) is 12.8. The second kappa shape index (κ2) is 8.92. The lowest BCUT2D eigenvalue weighted by Gasteiger charge is -2.27. The fourth-order valence-corrected chi connectivity index (χ4v) is 2.91. The SMILES string of the molecule is O=C(NN=CCCc1ccccc1)C(O)(c1ccccc1)c1ccccc1. The number of rotatable bonds is 7. The van der Waals surface area contributed by atoms with Crippen LogP contribution in [0.15, 0.2) is 96.1 Å². The second-order valence-electron chi connectivity index (χ2n) is 6.22. The van der Waals surface area contributed by atoms with Crippen molar-refractivity contribution in [1.29, 1.82) is 0 Å². The molecule has 0 aliphatic rings. The van der Waals surface area contributed by atoms with Crippen LogP contribution in [-0.2, 0) is 16.8 Å². The zero-order chi connectivity index (χ0) is 19.0. The summed E-state index contributed by atoms with van der Waals surface area (Å²) in [5.41, 5.74) is 2.88. The Labute approximate surface area is 159 Å². The maximum atomic E-state index is 12.8. The number of hydrogen-bond donors (Lipinski definition) is 2. The number of carbonyl (C=O) groups excluding carboxylic acids is 1. The van der Waals surface area contributed by atoms with E-state index in [4.69, 9.17) is 0 Å². The van der Waals surface area contributed by atoms with Crippen molar-refractivity contribution in [3.8, 4) is 0 Å². The van der Waals surface area contributed by atoms with Gasteiger partial charge in [-0.3, -0.25) is 4.79 Å². The summed E-state index contributed by atoms with van der Waals surface area (Å²) in [5, 5.41) is 15.3. The van der Waals surface area contributed by atoms with Crippen LogP contribution in [0, 0.1) is 0 Å². The van der Waals surface area contributed by atoms with Gasteiger partial charge in [0.15, 0.2) is 5.60 Å². The van der Waals surface area contributed by atoms with Gasteiger partial charge < -0.3 is 5.11 Å². The van der Waals surface area contributed by atoms with E-state index in [1.165, 1.54) is 5.56 Å². The Morgan fingerprint density at radius 2 is 1.33 bits per heavy atom. The summed E-state index contributed by atoms with van der Waals surface area (Å²) in [6, 6.07) is 27.8. The van der Waals surface area contributed by atoms with Gasteiger partial charge in [0.1, 0.15) is 0 Å². The summed E-state index contributed by atoms with van der Waals surface area (Å²) in [6.45, 7) is 0. The lowest BCUT2D eigenvalue weighted by atomic mass is 9.85. The van der Waals surface area contributed by atoms with Gasteiger partial charge in [0.2, 0.25) is 0 Å². The highest BCUT2D eigenvalue weighted by Gasteiger charge is 2.39. The molecule has 0 atom stereocenters. The Hall–Kier alpha value is -3.24. The van der Waals surface area contributed by atoms with Gasteiger partial charge in [-0.25, -0.2) is 5.43 Å². The number of benzene rings is 3.